The van der Waals surface area contributed by atoms with Crippen molar-refractivity contribution in [2.24, 2.45) is 4.99 Å². The molecule has 27 heavy (non-hydrogen) atoms. The molecule has 0 radical (unpaired) electrons. The standard InChI is InChI=1S/C21H21FN4O/c22-15-5-3-14(4-6-15)19-20(17-7-9-23-21-18(17)8-10-24-21)26(13-25-19)12-16-2-1-11-27-16/h3,5-6,8-10,13,16,24H,1-2,4,7,11-12H2. The van der Waals surface area contributed by atoms with E-state index in [1.165, 1.54) is 11.6 Å². The Balaban J connectivity index is 1.74. The molecule has 6 heteroatoms. The van der Waals surface area contributed by atoms with Crippen molar-refractivity contribution >= 4 is 23.2 Å². The van der Waals surface area contributed by atoms with Gasteiger partial charge in [-0.05, 0) is 48.6 Å². The van der Waals surface area contributed by atoms with Gasteiger partial charge in [0.05, 0.1) is 29.7 Å². The molecule has 1 unspecified atom stereocenters. The van der Waals surface area contributed by atoms with E-state index in [2.05, 4.69) is 20.6 Å². The van der Waals surface area contributed by atoms with Gasteiger partial charge in [-0.1, -0.05) is 6.08 Å². The van der Waals surface area contributed by atoms with Gasteiger partial charge < -0.3 is 14.3 Å². The Morgan fingerprint density at radius 3 is 3.07 bits per heavy atom. The third-order valence-electron chi connectivity index (χ3n) is 5.38. The molecule has 3 aliphatic rings. The first-order valence-electron chi connectivity index (χ1n) is 9.43. The van der Waals surface area contributed by atoms with Crippen LogP contribution in [-0.2, 0) is 11.3 Å². The number of hydrogen-bond acceptors (Lipinski definition) is 3. The van der Waals surface area contributed by atoms with Crippen molar-refractivity contribution in [2.75, 3.05) is 6.61 Å². The second-order valence-electron chi connectivity index (χ2n) is 7.12. The zero-order valence-electron chi connectivity index (χ0n) is 15.0. The van der Waals surface area contributed by atoms with Crippen molar-refractivity contribution in [1.29, 1.82) is 0 Å². The van der Waals surface area contributed by atoms with E-state index in [9.17, 15) is 4.39 Å². The molecule has 0 bridgehead atoms. The summed E-state index contributed by atoms with van der Waals surface area (Å²) in [6, 6.07) is 2.06. The van der Waals surface area contributed by atoms with E-state index in [1.54, 1.807) is 6.08 Å². The number of nitrogens with zero attached hydrogens (tertiary/aromatic N) is 3. The summed E-state index contributed by atoms with van der Waals surface area (Å²) in [7, 11) is 0. The van der Waals surface area contributed by atoms with Gasteiger partial charge in [0.15, 0.2) is 0 Å². The van der Waals surface area contributed by atoms with Crippen molar-refractivity contribution in [1.82, 2.24) is 14.5 Å². The highest BCUT2D eigenvalue weighted by Crippen LogP contribution is 2.28. The molecule has 1 aliphatic carbocycles. The first kappa shape index (κ1) is 16.4. The lowest BCUT2D eigenvalue weighted by atomic mass is 10.0. The summed E-state index contributed by atoms with van der Waals surface area (Å²) >= 11 is 0. The lowest BCUT2D eigenvalue weighted by molar-refractivity contribution is 0.0963. The molecule has 2 aliphatic heterocycles. The van der Waals surface area contributed by atoms with E-state index >= 15 is 0 Å². The highest BCUT2D eigenvalue weighted by Gasteiger charge is 2.20. The fourth-order valence-corrected chi connectivity index (χ4v) is 4.05. The minimum atomic E-state index is -0.190. The number of rotatable bonds is 2. The molecule has 138 valence electrons. The fourth-order valence-electron chi connectivity index (χ4n) is 4.05. The number of imidazole rings is 1. The quantitative estimate of drug-likeness (QED) is 0.891. The summed E-state index contributed by atoms with van der Waals surface area (Å²) in [6.45, 7) is 1.61. The lowest BCUT2D eigenvalue weighted by Crippen LogP contribution is -2.37. The number of ether oxygens (including phenoxy) is 1. The van der Waals surface area contributed by atoms with Gasteiger partial charge in [-0.3, -0.25) is 0 Å². The van der Waals surface area contributed by atoms with Crippen molar-refractivity contribution in [3.05, 3.63) is 58.9 Å². The van der Waals surface area contributed by atoms with E-state index in [-0.39, 0.29) is 11.9 Å². The number of hydrogen-bond donors (Lipinski definition) is 1. The average molecular weight is 364 g/mol. The monoisotopic (exact) mass is 364 g/mol. The molecule has 0 spiro atoms. The largest absolute Gasteiger partial charge is 0.376 e. The van der Waals surface area contributed by atoms with Crippen molar-refractivity contribution < 1.29 is 9.13 Å². The maximum absolute atomic E-state index is 13.5. The van der Waals surface area contributed by atoms with Crippen LogP contribution in [0.3, 0.4) is 0 Å². The van der Waals surface area contributed by atoms with Crippen molar-refractivity contribution in [2.45, 2.75) is 38.3 Å². The summed E-state index contributed by atoms with van der Waals surface area (Å²) in [4.78, 5) is 12.4. The topological polar surface area (TPSA) is 55.2 Å². The van der Waals surface area contributed by atoms with E-state index in [0.717, 1.165) is 60.1 Å². The van der Waals surface area contributed by atoms with Crippen LogP contribution in [0.2, 0.25) is 0 Å². The Bertz CT molecular complexity index is 1080. The summed E-state index contributed by atoms with van der Waals surface area (Å²) in [6.07, 6.45) is 14.4. The first-order valence-corrected chi connectivity index (χ1v) is 9.43. The number of nitrogens with one attached hydrogen (secondary N) is 1. The van der Waals surface area contributed by atoms with Crippen LogP contribution in [0.4, 0.5) is 10.2 Å². The minimum absolute atomic E-state index is 0.190. The van der Waals surface area contributed by atoms with Crippen molar-refractivity contribution in [3.8, 4) is 0 Å². The summed E-state index contributed by atoms with van der Waals surface area (Å²) in [5.41, 5.74) is 3.34. The summed E-state index contributed by atoms with van der Waals surface area (Å²) in [5, 5.41) is 2.01. The summed E-state index contributed by atoms with van der Waals surface area (Å²) < 4.78 is 21.5. The predicted molar refractivity (Wildman–Crippen MR) is 103 cm³/mol. The van der Waals surface area contributed by atoms with Crippen LogP contribution in [0.25, 0.3) is 11.1 Å². The lowest BCUT2D eigenvalue weighted by Gasteiger charge is -2.14. The molecule has 0 aromatic carbocycles. The van der Waals surface area contributed by atoms with Gasteiger partial charge in [-0.15, -0.1) is 0 Å². The molecular formula is C21H21FN4O. The second kappa shape index (κ2) is 6.78. The molecule has 5 nitrogen and oxygen atoms in total. The number of aliphatic imine (C=N–C) groups is 1. The third kappa shape index (κ3) is 3.00. The molecule has 1 fully saturated rings. The smallest absolute Gasteiger partial charge is 0.137 e. The number of aromatic nitrogens is 3. The molecular weight excluding hydrogens is 343 g/mol. The van der Waals surface area contributed by atoms with Crippen LogP contribution >= 0.6 is 0 Å². The van der Waals surface area contributed by atoms with Gasteiger partial charge in [0.2, 0.25) is 0 Å². The maximum Gasteiger partial charge on any atom is 0.137 e. The normalized spacial score (nSPS) is 25.7. The van der Waals surface area contributed by atoms with E-state index in [1.807, 2.05) is 24.8 Å². The van der Waals surface area contributed by atoms with E-state index in [0.29, 0.717) is 6.42 Å². The van der Waals surface area contributed by atoms with Gasteiger partial charge in [0.25, 0.3) is 0 Å². The molecule has 2 aromatic heterocycles. The molecule has 0 amide bonds. The number of halogens is 1. The Labute approximate surface area is 156 Å². The van der Waals surface area contributed by atoms with E-state index in [4.69, 9.17) is 9.72 Å². The number of fused-ring (bicyclic) bond motifs is 1. The maximum atomic E-state index is 13.5. The second-order valence-corrected chi connectivity index (χ2v) is 7.12. The van der Waals surface area contributed by atoms with Crippen LogP contribution in [0, 0.1) is 0 Å². The van der Waals surface area contributed by atoms with Crippen LogP contribution in [0.5, 0.6) is 0 Å². The Hall–Kier alpha value is -2.73. The minimum Gasteiger partial charge on any atom is -0.376 e. The van der Waals surface area contributed by atoms with Crippen LogP contribution in [0.1, 0.15) is 31.2 Å². The van der Waals surface area contributed by atoms with Gasteiger partial charge in [-0.25, -0.2) is 14.4 Å². The highest BCUT2D eigenvalue weighted by atomic mass is 19.1. The van der Waals surface area contributed by atoms with Gasteiger partial charge >= 0.3 is 0 Å². The molecule has 2 aromatic rings. The van der Waals surface area contributed by atoms with E-state index < -0.39 is 0 Å². The first-order chi connectivity index (χ1) is 13.3. The Kier molecular flexibility index (Phi) is 4.13. The Morgan fingerprint density at radius 2 is 2.26 bits per heavy atom. The SMILES string of the molecule is FC1=CCC(=c2ncn(CC3CCCO3)c2=C2CC=Nc3[nH]ccc32)C=C1. The molecule has 4 heterocycles. The van der Waals surface area contributed by atoms with Crippen molar-refractivity contribution in [3.63, 3.8) is 0 Å². The fraction of sp³-hybridized carbons (Fsp3) is 0.333. The average Bonchev–Trinajstić information content (AvgIpc) is 3.43. The Morgan fingerprint density at radius 1 is 1.30 bits per heavy atom. The van der Waals surface area contributed by atoms with Gasteiger partial charge in [-0.2, -0.15) is 0 Å². The third-order valence-corrected chi connectivity index (χ3v) is 5.38. The predicted octanol–water partition coefficient (Wildman–Crippen LogP) is 2.66. The highest BCUT2D eigenvalue weighted by molar-refractivity contribution is 5.88. The van der Waals surface area contributed by atoms with Crippen LogP contribution in [-0.4, -0.2) is 33.5 Å². The molecule has 1 atom stereocenters. The van der Waals surface area contributed by atoms with Gasteiger partial charge in [0.1, 0.15) is 11.6 Å². The number of H-pyrrole nitrogens is 1. The molecule has 5 rings (SSSR count). The van der Waals surface area contributed by atoms with Gasteiger partial charge in [0, 0.05) is 31.0 Å². The summed E-state index contributed by atoms with van der Waals surface area (Å²) in [5.74, 6) is 0.687. The molecule has 1 N–H and O–H groups in total. The number of allylic oxidation sites excluding steroid dienone is 4. The molecule has 1 saturated heterocycles. The number of aromatic amines is 1. The molecule has 0 saturated carbocycles. The van der Waals surface area contributed by atoms with Crippen LogP contribution in [0.15, 0.2) is 47.6 Å². The van der Waals surface area contributed by atoms with Crippen LogP contribution < -0.4 is 10.7 Å². The zero-order chi connectivity index (χ0) is 18.2. The zero-order valence-corrected chi connectivity index (χ0v) is 15.0.